The normalized spacial score (nSPS) is 26.0. The Labute approximate surface area is 127 Å². The highest BCUT2D eigenvalue weighted by Crippen LogP contribution is 2.37. The standard InChI is InChI=1S/C17H22O3S/c1-16(2,3)13-8-10-14(11-9-13)17(4)12-6-5-7-15(17)21(18,19)20/h5-12,15H,1-4H3,(H,18,19,20). The van der Waals surface area contributed by atoms with E-state index in [1.165, 1.54) is 11.6 Å². The van der Waals surface area contributed by atoms with Gasteiger partial charge in [0.25, 0.3) is 10.1 Å². The minimum atomic E-state index is -4.16. The van der Waals surface area contributed by atoms with Gasteiger partial charge in [-0.15, -0.1) is 0 Å². The molecule has 2 atom stereocenters. The SMILES string of the molecule is CC(C)(C)c1ccc(C2(C)C=CC=CC2S(=O)(=O)O)cc1. The van der Waals surface area contributed by atoms with Crippen LogP contribution in [0.2, 0.25) is 0 Å². The summed E-state index contributed by atoms with van der Waals surface area (Å²) in [4.78, 5) is 0. The molecule has 0 radical (unpaired) electrons. The van der Waals surface area contributed by atoms with Crippen LogP contribution < -0.4 is 0 Å². The second-order valence-electron chi connectivity index (χ2n) is 6.79. The Morgan fingerprint density at radius 2 is 1.67 bits per heavy atom. The van der Waals surface area contributed by atoms with Crippen molar-refractivity contribution in [2.75, 3.05) is 0 Å². The maximum Gasteiger partial charge on any atom is 0.272 e. The van der Waals surface area contributed by atoms with Gasteiger partial charge in [0, 0.05) is 5.41 Å². The molecule has 2 rings (SSSR count). The predicted octanol–water partition coefficient (Wildman–Crippen LogP) is 3.62. The van der Waals surface area contributed by atoms with E-state index in [9.17, 15) is 13.0 Å². The molecule has 0 fully saturated rings. The van der Waals surface area contributed by atoms with Crippen LogP contribution in [0.4, 0.5) is 0 Å². The van der Waals surface area contributed by atoms with Crippen LogP contribution in [0.5, 0.6) is 0 Å². The van der Waals surface area contributed by atoms with Crippen molar-refractivity contribution in [1.29, 1.82) is 0 Å². The first kappa shape index (κ1) is 16.0. The van der Waals surface area contributed by atoms with Crippen LogP contribution in [0.3, 0.4) is 0 Å². The Morgan fingerprint density at radius 3 is 2.14 bits per heavy atom. The zero-order chi connectivity index (χ0) is 15.9. The lowest BCUT2D eigenvalue weighted by Gasteiger charge is -2.34. The molecule has 3 nitrogen and oxygen atoms in total. The molecule has 0 saturated carbocycles. The highest BCUT2D eigenvalue weighted by molar-refractivity contribution is 7.86. The molecule has 1 N–H and O–H groups in total. The van der Waals surface area contributed by atoms with E-state index in [0.29, 0.717) is 0 Å². The topological polar surface area (TPSA) is 54.4 Å². The summed E-state index contributed by atoms with van der Waals surface area (Å²) < 4.78 is 32.9. The molecular formula is C17H22O3S. The molecule has 114 valence electrons. The monoisotopic (exact) mass is 306 g/mol. The average molecular weight is 306 g/mol. The Kier molecular flexibility index (Phi) is 3.89. The third-order valence-electron chi connectivity index (χ3n) is 4.12. The molecule has 0 heterocycles. The largest absolute Gasteiger partial charge is 0.285 e. The van der Waals surface area contributed by atoms with E-state index < -0.39 is 20.8 Å². The smallest absolute Gasteiger partial charge is 0.272 e. The molecule has 0 aliphatic heterocycles. The fraction of sp³-hybridized carbons (Fsp3) is 0.412. The minimum absolute atomic E-state index is 0.0458. The van der Waals surface area contributed by atoms with E-state index in [2.05, 4.69) is 20.8 Å². The van der Waals surface area contributed by atoms with Gasteiger partial charge in [-0.1, -0.05) is 76.3 Å². The third-order valence-corrected chi connectivity index (χ3v) is 5.41. The quantitative estimate of drug-likeness (QED) is 0.849. The molecule has 0 aromatic heterocycles. The summed E-state index contributed by atoms with van der Waals surface area (Å²) in [6.45, 7) is 8.23. The Morgan fingerprint density at radius 1 is 1.10 bits per heavy atom. The average Bonchev–Trinajstić information content (AvgIpc) is 2.37. The van der Waals surface area contributed by atoms with Gasteiger partial charge < -0.3 is 0 Å². The van der Waals surface area contributed by atoms with Crippen molar-refractivity contribution < 1.29 is 13.0 Å². The van der Waals surface area contributed by atoms with Gasteiger partial charge in [-0.25, -0.2) is 0 Å². The molecule has 0 saturated heterocycles. The van der Waals surface area contributed by atoms with Crippen LogP contribution in [0, 0.1) is 0 Å². The van der Waals surface area contributed by atoms with E-state index in [4.69, 9.17) is 0 Å². The van der Waals surface area contributed by atoms with Crippen molar-refractivity contribution in [3.05, 3.63) is 59.7 Å². The first-order valence-electron chi connectivity index (χ1n) is 6.98. The van der Waals surface area contributed by atoms with Crippen LogP contribution in [0.25, 0.3) is 0 Å². The lowest BCUT2D eigenvalue weighted by Crippen LogP contribution is -2.40. The van der Waals surface area contributed by atoms with Gasteiger partial charge in [0.2, 0.25) is 0 Å². The van der Waals surface area contributed by atoms with E-state index in [-0.39, 0.29) is 5.41 Å². The Balaban J connectivity index is 2.48. The van der Waals surface area contributed by atoms with Crippen LogP contribution in [-0.2, 0) is 20.9 Å². The fourth-order valence-electron chi connectivity index (χ4n) is 2.71. The molecule has 1 aromatic rings. The summed E-state index contributed by atoms with van der Waals surface area (Å²) in [5.74, 6) is 0. The zero-order valence-corrected chi connectivity index (χ0v) is 13.7. The maximum absolute atomic E-state index is 11.7. The van der Waals surface area contributed by atoms with Gasteiger partial charge in [-0.3, -0.25) is 4.55 Å². The summed E-state index contributed by atoms with van der Waals surface area (Å²) in [5.41, 5.74) is 1.34. The molecular weight excluding hydrogens is 284 g/mol. The lowest BCUT2D eigenvalue weighted by molar-refractivity contribution is 0.450. The van der Waals surface area contributed by atoms with E-state index in [0.717, 1.165) is 5.56 Å². The van der Waals surface area contributed by atoms with Crippen molar-refractivity contribution in [3.8, 4) is 0 Å². The molecule has 4 heteroatoms. The maximum atomic E-state index is 11.7. The first-order valence-corrected chi connectivity index (χ1v) is 8.49. The molecule has 2 unspecified atom stereocenters. The Hall–Kier alpha value is -1.39. The van der Waals surface area contributed by atoms with Gasteiger partial charge in [-0.2, -0.15) is 8.42 Å². The first-order chi connectivity index (χ1) is 9.55. The third kappa shape index (κ3) is 3.11. The number of allylic oxidation sites excluding steroid dienone is 3. The predicted molar refractivity (Wildman–Crippen MR) is 86.1 cm³/mol. The lowest BCUT2D eigenvalue weighted by atomic mass is 9.75. The van der Waals surface area contributed by atoms with E-state index in [1.807, 2.05) is 43.3 Å². The van der Waals surface area contributed by atoms with Crippen molar-refractivity contribution in [1.82, 2.24) is 0 Å². The van der Waals surface area contributed by atoms with Gasteiger partial charge >= 0.3 is 0 Å². The van der Waals surface area contributed by atoms with Gasteiger partial charge in [0.15, 0.2) is 0 Å². The van der Waals surface area contributed by atoms with Crippen molar-refractivity contribution in [2.45, 2.75) is 43.8 Å². The molecule has 1 aromatic carbocycles. The number of rotatable bonds is 2. The fourth-order valence-corrected chi connectivity index (χ4v) is 3.84. The summed E-state index contributed by atoms with van der Waals surface area (Å²) in [6.07, 6.45) is 6.84. The number of hydrogen-bond donors (Lipinski definition) is 1. The molecule has 1 aliphatic rings. The summed E-state index contributed by atoms with van der Waals surface area (Å²) in [6, 6.07) is 7.94. The molecule has 21 heavy (non-hydrogen) atoms. The van der Waals surface area contributed by atoms with Crippen LogP contribution in [0.15, 0.2) is 48.6 Å². The van der Waals surface area contributed by atoms with E-state index in [1.54, 1.807) is 6.08 Å². The summed E-state index contributed by atoms with van der Waals surface area (Å²) in [5, 5.41) is -0.963. The Bertz CT molecular complexity index is 676. The summed E-state index contributed by atoms with van der Waals surface area (Å²) >= 11 is 0. The highest BCUT2D eigenvalue weighted by atomic mass is 32.2. The second kappa shape index (κ2) is 5.11. The molecule has 0 bridgehead atoms. The van der Waals surface area contributed by atoms with Crippen LogP contribution in [-0.4, -0.2) is 18.2 Å². The summed E-state index contributed by atoms with van der Waals surface area (Å²) in [7, 11) is -4.16. The van der Waals surface area contributed by atoms with Crippen molar-refractivity contribution in [3.63, 3.8) is 0 Å². The van der Waals surface area contributed by atoms with Gasteiger partial charge in [0.05, 0.1) is 0 Å². The highest BCUT2D eigenvalue weighted by Gasteiger charge is 2.41. The van der Waals surface area contributed by atoms with E-state index >= 15 is 0 Å². The van der Waals surface area contributed by atoms with Crippen LogP contribution >= 0.6 is 0 Å². The zero-order valence-electron chi connectivity index (χ0n) is 12.9. The molecule has 0 spiro atoms. The second-order valence-corrected chi connectivity index (χ2v) is 8.33. The molecule has 0 amide bonds. The van der Waals surface area contributed by atoms with Crippen molar-refractivity contribution in [2.24, 2.45) is 0 Å². The van der Waals surface area contributed by atoms with Gasteiger partial charge in [0.1, 0.15) is 5.25 Å². The molecule has 1 aliphatic carbocycles. The van der Waals surface area contributed by atoms with Crippen LogP contribution in [0.1, 0.15) is 38.8 Å². The number of benzene rings is 1. The minimum Gasteiger partial charge on any atom is -0.285 e. The van der Waals surface area contributed by atoms with Gasteiger partial charge in [-0.05, 0) is 16.5 Å². The van der Waals surface area contributed by atoms with Crippen molar-refractivity contribution >= 4 is 10.1 Å². The number of hydrogen-bond acceptors (Lipinski definition) is 2.